The van der Waals surface area contributed by atoms with Crippen LogP contribution >= 0.6 is 11.3 Å². The van der Waals surface area contributed by atoms with Gasteiger partial charge in [-0.25, -0.2) is 9.59 Å². The quantitative estimate of drug-likeness (QED) is 0.457. The summed E-state index contributed by atoms with van der Waals surface area (Å²) in [6, 6.07) is 2.64. The zero-order chi connectivity index (χ0) is 10.7. The summed E-state index contributed by atoms with van der Waals surface area (Å²) in [6.07, 6.45) is 0. The fraction of sp³-hybridized carbons (Fsp3) is 0.125. The lowest BCUT2D eigenvalue weighted by atomic mass is 10.3. The Morgan fingerprint density at radius 2 is 1.86 bits per heavy atom. The van der Waals surface area contributed by atoms with Crippen LogP contribution in [-0.2, 0) is 9.53 Å². The molecule has 0 aliphatic rings. The largest absolute Gasteiger partial charge is 0.475 e. The Balaban J connectivity index is 2.94. The highest BCUT2D eigenvalue weighted by atomic mass is 32.1. The predicted molar refractivity (Wildman–Crippen MR) is 47.6 cm³/mol. The van der Waals surface area contributed by atoms with Gasteiger partial charge in [-0.15, -0.1) is 11.3 Å². The molecule has 1 heterocycles. The maximum Gasteiger partial charge on any atom is 0.378 e. The van der Waals surface area contributed by atoms with Crippen molar-refractivity contribution in [1.29, 1.82) is 0 Å². The molecule has 0 aromatic carbocycles. The summed E-state index contributed by atoms with van der Waals surface area (Å²) < 4.78 is 4.40. The molecule has 0 fully saturated rings. The van der Waals surface area contributed by atoms with E-state index in [1.807, 2.05) is 0 Å². The molecule has 1 rings (SSSR count). The number of carboxylic acid groups (broad SMARTS) is 1. The summed E-state index contributed by atoms with van der Waals surface area (Å²) in [5.41, 5.74) is 0. The van der Waals surface area contributed by atoms with Gasteiger partial charge in [0, 0.05) is 0 Å². The number of ether oxygens (including phenoxy) is 1. The van der Waals surface area contributed by atoms with Crippen LogP contribution in [0.1, 0.15) is 19.3 Å². The molecule has 0 spiro atoms. The zero-order valence-corrected chi connectivity index (χ0v) is 7.96. The first-order valence-electron chi connectivity index (χ1n) is 3.52. The van der Waals surface area contributed by atoms with Crippen molar-refractivity contribution >= 4 is 29.1 Å². The van der Waals surface area contributed by atoms with E-state index in [2.05, 4.69) is 4.74 Å². The first kappa shape index (κ1) is 10.4. The van der Waals surface area contributed by atoms with Gasteiger partial charge in [-0.3, -0.25) is 4.79 Å². The van der Waals surface area contributed by atoms with Crippen molar-refractivity contribution < 1.29 is 24.2 Å². The Morgan fingerprint density at radius 1 is 1.29 bits per heavy atom. The van der Waals surface area contributed by atoms with E-state index in [4.69, 9.17) is 5.11 Å². The summed E-state index contributed by atoms with van der Waals surface area (Å²) in [7, 11) is 1.21. The molecule has 14 heavy (non-hydrogen) atoms. The molecule has 0 radical (unpaired) electrons. The first-order chi connectivity index (χ1) is 6.56. The van der Waals surface area contributed by atoms with Crippen molar-refractivity contribution in [2.24, 2.45) is 0 Å². The van der Waals surface area contributed by atoms with Crippen molar-refractivity contribution in [3.8, 4) is 0 Å². The third-order valence-corrected chi connectivity index (χ3v) is 2.47. The molecule has 5 nitrogen and oxygen atoms in total. The number of ketones is 1. The van der Waals surface area contributed by atoms with E-state index in [0.29, 0.717) is 0 Å². The predicted octanol–water partition coefficient (Wildman–Crippen LogP) is 0.802. The van der Waals surface area contributed by atoms with Gasteiger partial charge in [0.1, 0.15) is 4.88 Å². The van der Waals surface area contributed by atoms with Crippen LogP contribution in [0.3, 0.4) is 0 Å². The number of carboxylic acids is 1. The van der Waals surface area contributed by atoms with E-state index in [1.54, 1.807) is 0 Å². The van der Waals surface area contributed by atoms with E-state index in [-0.39, 0.29) is 9.75 Å². The Morgan fingerprint density at radius 3 is 2.36 bits per heavy atom. The highest BCUT2D eigenvalue weighted by molar-refractivity contribution is 7.16. The number of hydrogen-bond acceptors (Lipinski definition) is 5. The summed E-state index contributed by atoms with van der Waals surface area (Å²) in [6.45, 7) is 0. The number of hydrogen-bond donors (Lipinski definition) is 1. The van der Waals surface area contributed by atoms with Crippen LogP contribution in [-0.4, -0.2) is 29.9 Å². The van der Waals surface area contributed by atoms with Gasteiger partial charge >= 0.3 is 11.9 Å². The molecule has 0 aliphatic heterocycles. The molecule has 6 heteroatoms. The van der Waals surface area contributed by atoms with Gasteiger partial charge in [0.2, 0.25) is 0 Å². The van der Waals surface area contributed by atoms with Gasteiger partial charge in [0.25, 0.3) is 5.78 Å². The van der Waals surface area contributed by atoms with Crippen LogP contribution in [0.25, 0.3) is 0 Å². The van der Waals surface area contributed by atoms with E-state index >= 15 is 0 Å². The first-order valence-corrected chi connectivity index (χ1v) is 4.33. The van der Waals surface area contributed by atoms with Gasteiger partial charge in [0.15, 0.2) is 0 Å². The van der Waals surface area contributed by atoms with Crippen LogP contribution in [0.5, 0.6) is 0 Å². The molecule has 0 saturated carbocycles. The number of aliphatic carboxylic acids is 1. The van der Waals surface area contributed by atoms with E-state index < -0.39 is 17.7 Å². The van der Waals surface area contributed by atoms with Gasteiger partial charge in [-0.1, -0.05) is 0 Å². The molecule has 0 unspecified atom stereocenters. The number of Topliss-reactive ketones (excluding diaryl/α,β-unsaturated/α-hetero) is 1. The molecule has 0 amide bonds. The average molecular weight is 214 g/mol. The molecule has 0 atom stereocenters. The fourth-order valence-corrected chi connectivity index (χ4v) is 1.63. The molecule has 1 N–H and O–H groups in total. The normalized spacial score (nSPS) is 9.50. The number of rotatable bonds is 3. The highest BCUT2D eigenvalue weighted by Crippen LogP contribution is 2.17. The van der Waals surface area contributed by atoms with Crippen molar-refractivity contribution in [2.45, 2.75) is 0 Å². The second-order valence-electron chi connectivity index (χ2n) is 2.29. The third kappa shape index (κ3) is 1.97. The molecule has 1 aromatic heterocycles. The SMILES string of the molecule is COC(=O)c1ccc(C(=O)C(=O)O)s1. The van der Waals surface area contributed by atoms with Crippen molar-refractivity contribution in [1.82, 2.24) is 0 Å². The lowest BCUT2D eigenvalue weighted by Crippen LogP contribution is -2.10. The smallest absolute Gasteiger partial charge is 0.378 e. The van der Waals surface area contributed by atoms with Crippen LogP contribution < -0.4 is 0 Å². The van der Waals surface area contributed by atoms with Crippen molar-refractivity contribution in [3.63, 3.8) is 0 Å². The van der Waals surface area contributed by atoms with E-state index in [9.17, 15) is 14.4 Å². The minimum atomic E-state index is -1.54. The Hall–Kier alpha value is -1.69. The summed E-state index contributed by atoms with van der Waals surface area (Å²) in [5.74, 6) is -3.15. The lowest BCUT2D eigenvalue weighted by Gasteiger charge is -1.91. The van der Waals surface area contributed by atoms with Crippen LogP contribution in [0.4, 0.5) is 0 Å². The van der Waals surface area contributed by atoms with Crippen molar-refractivity contribution in [3.05, 3.63) is 21.9 Å². The average Bonchev–Trinajstić information content (AvgIpc) is 2.64. The molecular weight excluding hydrogens is 208 g/mol. The van der Waals surface area contributed by atoms with Gasteiger partial charge in [-0.2, -0.15) is 0 Å². The monoisotopic (exact) mass is 214 g/mol. The Kier molecular flexibility index (Phi) is 2.98. The highest BCUT2D eigenvalue weighted by Gasteiger charge is 2.18. The number of methoxy groups -OCH3 is 1. The second-order valence-corrected chi connectivity index (χ2v) is 3.37. The number of carbonyl (C=O) groups excluding carboxylic acids is 2. The summed E-state index contributed by atoms with van der Waals surface area (Å²) in [4.78, 5) is 32.4. The molecular formula is C8H6O5S. The van der Waals surface area contributed by atoms with Crippen LogP contribution in [0, 0.1) is 0 Å². The minimum absolute atomic E-state index is 0.0119. The van der Waals surface area contributed by atoms with E-state index in [1.165, 1.54) is 19.2 Å². The van der Waals surface area contributed by atoms with Gasteiger partial charge < -0.3 is 9.84 Å². The summed E-state index contributed by atoms with van der Waals surface area (Å²) in [5, 5.41) is 8.38. The Bertz CT molecular complexity index is 392. The van der Waals surface area contributed by atoms with E-state index in [0.717, 1.165) is 11.3 Å². The standard InChI is InChI=1S/C8H6O5S/c1-13-8(12)5-3-2-4(14-5)6(9)7(10)11/h2-3H,1H3,(H,10,11). The fourth-order valence-electron chi connectivity index (χ4n) is 0.776. The maximum absolute atomic E-state index is 10.9. The second kappa shape index (κ2) is 4.01. The molecule has 1 aromatic rings. The number of esters is 1. The van der Waals surface area contributed by atoms with Gasteiger partial charge in [0.05, 0.1) is 12.0 Å². The summed E-state index contributed by atoms with van der Waals surface area (Å²) >= 11 is 0.797. The van der Waals surface area contributed by atoms with Crippen molar-refractivity contribution in [2.75, 3.05) is 7.11 Å². The molecule has 0 bridgehead atoms. The molecule has 0 saturated heterocycles. The Labute approximate surface area is 82.9 Å². The molecule has 74 valence electrons. The minimum Gasteiger partial charge on any atom is -0.475 e. The zero-order valence-electron chi connectivity index (χ0n) is 7.14. The lowest BCUT2D eigenvalue weighted by molar-refractivity contribution is -0.131. The topological polar surface area (TPSA) is 80.7 Å². The van der Waals surface area contributed by atoms with Crippen LogP contribution in [0.15, 0.2) is 12.1 Å². The van der Waals surface area contributed by atoms with Gasteiger partial charge in [-0.05, 0) is 12.1 Å². The maximum atomic E-state index is 10.9. The number of thiophene rings is 1. The molecule has 0 aliphatic carbocycles. The number of carbonyl (C=O) groups is 3. The third-order valence-electron chi connectivity index (χ3n) is 1.41. The van der Waals surface area contributed by atoms with Crippen LogP contribution in [0.2, 0.25) is 0 Å².